The van der Waals surface area contributed by atoms with E-state index < -0.39 is 0 Å². The molecule has 0 saturated heterocycles. The fraction of sp³-hybridized carbons (Fsp3) is 0. The molecule has 0 radical (unpaired) electrons. The van der Waals surface area contributed by atoms with Crippen molar-refractivity contribution in [3.05, 3.63) is 72.8 Å². The van der Waals surface area contributed by atoms with Gasteiger partial charge in [0.25, 0.3) is 0 Å². The van der Waals surface area contributed by atoms with E-state index in [0.29, 0.717) is 0 Å². The van der Waals surface area contributed by atoms with Gasteiger partial charge in [-0.25, -0.2) is 0 Å². The van der Waals surface area contributed by atoms with Crippen LogP contribution in [0.4, 0.5) is 0 Å². The van der Waals surface area contributed by atoms with Crippen LogP contribution in [0.1, 0.15) is 0 Å². The summed E-state index contributed by atoms with van der Waals surface area (Å²) in [5.41, 5.74) is 0. The Balaban J connectivity index is 0.000000206. The van der Waals surface area contributed by atoms with E-state index in [1.165, 1.54) is 0 Å². The largest absolute Gasteiger partial charge is 0.0623 e. The van der Waals surface area contributed by atoms with Gasteiger partial charge >= 0.3 is 0 Å². The van der Waals surface area contributed by atoms with Gasteiger partial charge in [-0.2, -0.15) is 0 Å². The third-order valence-electron chi connectivity index (χ3n) is 1.33. The molecule has 0 spiro atoms. The van der Waals surface area contributed by atoms with Crippen molar-refractivity contribution >= 4 is 0 Å². The van der Waals surface area contributed by atoms with Crippen LogP contribution in [0.25, 0.3) is 0 Å². The van der Waals surface area contributed by atoms with Gasteiger partial charge in [-0.15, -0.1) is 0 Å². The maximum absolute atomic E-state index is 2.00. The van der Waals surface area contributed by atoms with Crippen LogP contribution in [-0.4, -0.2) is 0 Å². The Bertz CT molecular complexity index is 181. The normalized spacial score (nSPS) is 7.38. The summed E-state index contributed by atoms with van der Waals surface area (Å²) in [5.74, 6) is 0. The Morgan fingerprint density at radius 1 is 0.231 bits per heavy atom. The summed E-state index contributed by atoms with van der Waals surface area (Å²) in [6.45, 7) is 0. The van der Waals surface area contributed by atoms with Crippen LogP contribution in [0.3, 0.4) is 0 Å². The van der Waals surface area contributed by atoms with E-state index in [1.54, 1.807) is 0 Å². The molecule has 0 aromatic heterocycles. The molecule has 0 atom stereocenters. The van der Waals surface area contributed by atoms with Crippen LogP contribution in [0.15, 0.2) is 72.8 Å². The number of rotatable bonds is 0. The van der Waals surface area contributed by atoms with Gasteiger partial charge in [0, 0.05) is 17.4 Å². The van der Waals surface area contributed by atoms with Crippen LogP contribution in [0.5, 0.6) is 0 Å². The standard InChI is InChI=1S/2C6H6.Cr/c2*1-2-4-6-5-3-1;/h2*1-6H;. The van der Waals surface area contributed by atoms with Crippen molar-refractivity contribution in [3.8, 4) is 0 Å². The van der Waals surface area contributed by atoms with Gasteiger partial charge in [-0.1, -0.05) is 72.8 Å². The van der Waals surface area contributed by atoms with E-state index in [4.69, 9.17) is 0 Å². The Kier molecular flexibility index (Phi) is 8.35. The summed E-state index contributed by atoms with van der Waals surface area (Å²) < 4.78 is 0. The second kappa shape index (κ2) is 9.06. The Morgan fingerprint density at radius 2 is 0.308 bits per heavy atom. The minimum absolute atomic E-state index is 0. The quantitative estimate of drug-likeness (QED) is 0.622. The van der Waals surface area contributed by atoms with Crippen LogP contribution >= 0.6 is 0 Å². The van der Waals surface area contributed by atoms with E-state index in [2.05, 4.69) is 0 Å². The maximum atomic E-state index is 2.00. The third kappa shape index (κ3) is 7.34. The Morgan fingerprint density at radius 3 is 0.385 bits per heavy atom. The Hall–Kier alpha value is -1.03. The molecule has 0 saturated carbocycles. The summed E-state index contributed by atoms with van der Waals surface area (Å²) in [6, 6.07) is 24.0. The molecule has 0 aliphatic heterocycles. The molecule has 0 unspecified atom stereocenters. The molecule has 1 heteroatoms. The molecule has 2 rings (SSSR count). The number of hydrogen-bond donors (Lipinski definition) is 0. The second-order valence-corrected chi connectivity index (χ2v) is 2.31. The number of benzene rings is 2. The molecule has 0 aliphatic rings. The molecule has 13 heavy (non-hydrogen) atoms. The summed E-state index contributed by atoms with van der Waals surface area (Å²) in [4.78, 5) is 0. The molecule has 66 valence electrons. The molecule has 0 amide bonds. The summed E-state index contributed by atoms with van der Waals surface area (Å²) in [6.07, 6.45) is 0. The molecule has 0 nitrogen and oxygen atoms in total. The molecule has 0 heterocycles. The van der Waals surface area contributed by atoms with E-state index >= 15 is 0 Å². The van der Waals surface area contributed by atoms with E-state index in [0.717, 1.165) is 0 Å². The fourth-order valence-corrected chi connectivity index (χ4v) is 0.770. The van der Waals surface area contributed by atoms with Gasteiger partial charge in [0.05, 0.1) is 0 Å². The van der Waals surface area contributed by atoms with Gasteiger partial charge in [0.2, 0.25) is 0 Å². The second-order valence-electron chi connectivity index (χ2n) is 2.31. The topological polar surface area (TPSA) is 0 Å². The van der Waals surface area contributed by atoms with Gasteiger partial charge < -0.3 is 0 Å². The summed E-state index contributed by atoms with van der Waals surface area (Å²) >= 11 is 0. The van der Waals surface area contributed by atoms with Crippen LogP contribution < -0.4 is 0 Å². The van der Waals surface area contributed by atoms with E-state index in [1.807, 2.05) is 72.8 Å². The average molecular weight is 208 g/mol. The molecule has 0 N–H and O–H groups in total. The summed E-state index contributed by atoms with van der Waals surface area (Å²) in [7, 11) is 0. The molecular weight excluding hydrogens is 196 g/mol. The molecule has 2 aromatic rings. The van der Waals surface area contributed by atoms with Gasteiger partial charge in [-0.3, -0.25) is 0 Å². The first kappa shape index (κ1) is 12.0. The van der Waals surface area contributed by atoms with Crippen molar-refractivity contribution in [2.24, 2.45) is 0 Å². The average Bonchev–Trinajstić information content (AvgIpc) is 2.24. The van der Waals surface area contributed by atoms with Crippen LogP contribution in [0.2, 0.25) is 0 Å². The first-order valence-corrected chi connectivity index (χ1v) is 4.00. The fourth-order valence-electron chi connectivity index (χ4n) is 0.770. The van der Waals surface area contributed by atoms with Crippen molar-refractivity contribution in [2.75, 3.05) is 0 Å². The zero-order valence-corrected chi connectivity index (χ0v) is 8.61. The predicted molar refractivity (Wildman–Crippen MR) is 52.9 cm³/mol. The smallest absolute Gasteiger partial charge is 0 e. The SMILES string of the molecule is [Cr].c1ccccc1.c1ccccc1. The van der Waals surface area contributed by atoms with E-state index in [-0.39, 0.29) is 17.4 Å². The Labute approximate surface area is 90.4 Å². The monoisotopic (exact) mass is 208 g/mol. The maximum Gasteiger partial charge on any atom is 0 e. The molecular formula is C12H12Cr. The molecule has 0 fully saturated rings. The zero-order chi connectivity index (χ0) is 8.49. The third-order valence-corrected chi connectivity index (χ3v) is 1.33. The van der Waals surface area contributed by atoms with Crippen molar-refractivity contribution < 1.29 is 17.4 Å². The zero-order valence-electron chi connectivity index (χ0n) is 7.34. The predicted octanol–water partition coefficient (Wildman–Crippen LogP) is 3.37. The van der Waals surface area contributed by atoms with E-state index in [9.17, 15) is 0 Å². The van der Waals surface area contributed by atoms with Crippen LogP contribution in [-0.2, 0) is 17.4 Å². The first-order valence-electron chi connectivity index (χ1n) is 4.00. The van der Waals surface area contributed by atoms with Crippen molar-refractivity contribution in [1.29, 1.82) is 0 Å². The van der Waals surface area contributed by atoms with Gasteiger partial charge in [0.1, 0.15) is 0 Å². The summed E-state index contributed by atoms with van der Waals surface area (Å²) in [5, 5.41) is 0. The van der Waals surface area contributed by atoms with Gasteiger partial charge in [-0.05, 0) is 0 Å². The molecule has 0 aliphatic carbocycles. The molecule has 0 bridgehead atoms. The molecule has 2 aromatic carbocycles. The first-order chi connectivity index (χ1) is 6.00. The minimum Gasteiger partial charge on any atom is -0.0623 e. The van der Waals surface area contributed by atoms with Crippen molar-refractivity contribution in [1.82, 2.24) is 0 Å². The van der Waals surface area contributed by atoms with Crippen molar-refractivity contribution in [2.45, 2.75) is 0 Å². The van der Waals surface area contributed by atoms with Crippen LogP contribution in [0, 0.1) is 0 Å². The minimum atomic E-state index is 0. The van der Waals surface area contributed by atoms with Gasteiger partial charge in [0.15, 0.2) is 0 Å². The number of hydrogen-bond acceptors (Lipinski definition) is 0. The van der Waals surface area contributed by atoms with Crippen molar-refractivity contribution in [3.63, 3.8) is 0 Å².